The van der Waals surface area contributed by atoms with Crippen molar-refractivity contribution in [2.45, 2.75) is 46.2 Å². The van der Waals surface area contributed by atoms with Crippen molar-refractivity contribution in [3.63, 3.8) is 0 Å². The molecule has 2 heterocycles. The molecule has 0 saturated carbocycles. The minimum Gasteiger partial charge on any atom is -0.312 e. The van der Waals surface area contributed by atoms with Gasteiger partial charge in [-0.1, -0.05) is 13.8 Å². The van der Waals surface area contributed by atoms with Gasteiger partial charge in [0.25, 0.3) is 5.56 Å². The Morgan fingerprint density at radius 1 is 1.32 bits per heavy atom. The molecule has 0 unspecified atom stereocenters. The Balaban J connectivity index is 2.09. The maximum atomic E-state index is 12.2. The minimum atomic E-state index is 0.0226. The number of rotatable bonds is 6. The fourth-order valence-corrected chi connectivity index (χ4v) is 2.29. The summed E-state index contributed by atoms with van der Waals surface area (Å²) in [4.78, 5) is 12.2. The highest BCUT2D eigenvalue weighted by molar-refractivity contribution is 5.44. The van der Waals surface area contributed by atoms with Crippen LogP contribution in [0.4, 0.5) is 0 Å². The van der Waals surface area contributed by atoms with Crippen molar-refractivity contribution in [3.8, 4) is 0 Å². The van der Waals surface area contributed by atoms with E-state index in [1.165, 1.54) is 0 Å². The molecule has 0 bridgehead atoms. The number of aromatic nitrogens is 3. The molecule has 19 heavy (non-hydrogen) atoms. The molecule has 0 saturated heterocycles. The van der Waals surface area contributed by atoms with E-state index < -0.39 is 0 Å². The summed E-state index contributed by atoms with van der Waals surface area (Å²) in [6.45, 7) is 7.75. The molecule has 0 aliphatic carbocycles. The highest BCUT2D eigenvalue weighted by atomic mass is 16.1. The Labute approximate surface area is 113 Å². The van der Waals surface area contributed by atoms with Crippen molar-refractivity contribution in [1.29, 1.82) is 0 Å². The second kappa shape index (κ2) is 6.02. The van der Waals surface area contributed by atoms with Crippen molar-refractivity contribution in [2.75, 3.05) is 6.54 Å². The van der Waals surface area contributed by atoms with Crippen LogP contribution in [0.2, 0.25) is 0 Å². The van der Waals surface area contributed by atoms with Gasteiger partial charge in [-0.05, 0) is 25.8 Å². The molecule has 0 aliphatic heterocycles. The number of nitrogens with zero attached hydrogens (tertiary/aromatic N) is 3. The smallest absolute Gasteiger partial charge is 0.276 e. The largest absolute Gasteiger partial charge is 0.312 e. The van der Waals surface area contributed by atoms with Gasteiger partial charge >= 0.3 is 0 Å². The summed E-state index contributed by atoms with van der Waals surface area (Å²) in [5, 5.41) is 7.70. The SMILES string of the molecule is CCC(CC)NCCn1ccn2nc(C)cc2c1=O. The van der Waals surface area contributed by atoms with Gasteiger partial charge in [0.2, 0.25) is 0 Å². The third-order valence-corrected chi connectivity index (χ3v) is 3.50. The van der Waals surface area contributed by atoms with Crippen molar-refractivity contribution in [3.05, 3.63) is 34.5 Å². The van der Waals surface area contributed by atoms with Crippen LogP contribution in [0.1, 0.15) is 32.4 Å². The fourth-order valence-electron chi connectivity index (χ4n) is 2.29. The Kier molecular flexibility index (Phi) is 4.37. The van der Waals surface area contributed by atoms with E-state index in [0.717, 1.165) is 25.1 Å². The molecule has 0 amide bonds. The molecule has 5 heteroatoms. The molecule has 0 atom stereocenters. The topological polar surface area (TPSA) is 51.3 Å². The molecule has 2 aromatic rings. The molecule has 2 rings (SSSR count). The standard InChI is InChI=1S/C14H22N4O/c1-4-12(5-2)15-6-7-17-8-9-18-13(14(17)19)10-11(3)16-18/h8-10,12,15H,4-7H2,1-3H3. The number of hydrogen-bond donors (Lipinski definition) is 1. The molecule has 5 nitrogen and oxygen atoms in total. The van der Waals surface area contributed by atoms with E-state index in [1.54, 1.807) is 15.3 Å². The molecule has 0 aliphatic rings. The zero-order valence-corrected chi connectivity index (χ0v) is 11.9. The van der Waals surface area contributed by atoms with E-state index in [-0.39, 0.29) is 5.56 Å². The summed E-state index contributed by atoms with van der Waals surface area (Å²) in [5.41, 5.74) is 1.53. The summed E-state index contributed by atoms with van der Waals surface area (Å²) < 4.78 is 3.38. The second-order valence-electron chi connectivity index (χ2n) is 4.88. The first-order chi connectivity index (χ1) is 9.15. The van der Waals surface area contributed by atoms with Crippen LogP contribution in [-0.2, 0) is 6.54 Å². The Morgan fingerprint density at radius 2 is 2.05 bits per heavy atom. The average molecular weight is 262 g/mol. The van der Waals surface area contributed by atoms with Crippen molar-refractivity contribution in [2.24, 2.45) is 0 Å². The predicted molar refractivity (Wildman–Crippen MR) is 76.6 cm³/mol. The van der Waals surface area contributed by atoms with Crippen molar-refractivity contribution >= 4 is 5.52 Å². The number of aryl methyl sites for hydroxylation is 1. The van der Waals surface area contributed by atoms with Crippen LogP contribution >= 0.6 is 0 Å². The van der Waals surface area contributed by atoms with Gasteiger partial charge in [-0.2, -0.15) is 5.10 Å². The number of nitrogens with one attached hydrogen (secondary N) is 1. The molecule has 0 aromatic carbocycles. The lowest BCUT2D eigenvalue weighted by atomic mass is 10.2. The Bertz CT molecular complexity index is 595. The lowest BCUT2D eigenvalue weighted by Crippen LogP contribution is -2.33. The molecule has 0 radical (unpaired) electrons. The van der Waals surface area contributed by atoms with Crippen LogP contribution in [-0.4, -0.2) is 26.8 Å². The zero-order valence-electron chi connectivity index (χ0n) is 11.9. The fraction of sp³-hybridized carbons (Fsp3) is 0.571. The van der Waals surface area contributed by atoms with Gasteiger partial charge in [0.1, 0.15) is 5.52 Å². The molecular weight excluding hydrogens is 240 g/mol. The van der Waals surface area contributed by atoms with Gasteiger partial charge in [0, 0.05) is 31.5 Å². The third kappa shape index (κ3) is 3.04. The highest BCUT2D eigenvalue weighted by Gasteiger charge is 2.06. The van der Waals surface area contributed by atoms with Crippen molar-refractivity contribution < 1.29 is 0 Å². The Hall–Kier alpha value is -1.62. The lowest BCUT2D eigenvalue weighted by Gasteiger charge is -2.15. The molecule has 0 fully saturated rings. The minimum absolute atomic E-state index is 0.0226. The summed E-state index contributed by atoms with van der Waals surface area (Å²) >= 11 is 0. The normalized spacial score (nSPS) is 11.6. The first-order valence-electron chi connectivity index (χ1n) is 6.94. The van der Waals surface area contributed by atoms with Crippen LogP contribution in [0.15, 0.2) is 23.3 Å². The molecule has 0 spiro atoms. The van der Waals surface area contributed by atoms with Crippen LogP contribution in [0, 0.1) is 6.92 Å². The first-order valence-corrected chi connectivity index (χ1v) is 6.94. The summed E-state index contributed by atoms with van der Waals surface area (Å²) in [6.07, 6.45) is 5.87. The zero-order chi connectivity index (χ0) is 13.8. The van der Waals surface area contributed by atoms with Gasteiger partial charge in [0.05, 0.1) is 5.69 Å². The third-order valence-electron chi connectivity index (χ3n) is 3.50. The molecule has 104 valence electrons. The van der Waals surface area contributed by atoms with Crippen LogP contribution in [0.5, 0.6) is 0 Å². The van der Waals surface area contributed by atoms with E-state index in [1.807, 2.05) is 19.2 Å². The maximum absolute atomic E-state index is 12.2. The van der Waals surface area contributed by atoms with Gasteiger partial charge in [-0.25, -0.2) is 4.52 Å². The van der Waals surface area contributed by atoms with Gasteiger partial charge < -0.3 is 9.88 Å². The molecular formula is C14H22N4O. The van der Waals surface area contributed by atoms with Crippen molar-refractivity contribution in [1.82, 2.24) is 19.5 Å². The van der Waals surface area contributed by atoms with Crippen LogP contribution < -0.4 is 10.9 Å². The van der Waals surface area contributed by atoms with Gasteiger partial charge in [-0.15, -0.1) is 0 Å². The quantitative estimate of drug-likeness (QED) is 0.860. The monoisotopic (exact) mass is 262 g/mol. The van der Waals surface area contributed by atoms with E-state index in [9.17, 15) is 4.79 Å². The number of fused-ring (bicyclic) bond motifs is 1. The van der Waals surface area contributed by atoms with E-state index in [2.05, 4.69) is 24.3 Å². The molecule has 2 aromatic heterocycles. The van der Waals surface area contributed by atoms with E-state index in [0.29, 0.717) is 18.1 Å². The van der Waals surface area contributed by atoms with Gasteiger partial charge in [-0.3, -0.25) is 4.79 Å². The predicted octanol–water partition coefficient (Wildman–Crippen LogP) is 1.58. The van der Waals surface area contributed by atoms with Crippen LogP contribution in [0.3, 0.4) is 0 Å². The van der Waals surface area contributed by atoms with E-state index >= 15 is 0 Å². The lowest BCUT2D eigenvalue weighted by molar-refractivity contribution is 0.462. The second-order valence-corrected chi connectivity index (χ2v) is 4.88. The molecule has 1 N–H and O–H groups in total. The first kappa shape index (κ1) is 13.8. The van der Waals surface area contributed by atoms with Gasteiger partial charge in [0.15, 0.2) is 0 Å². The van der Waals surface area contributed by atoms with E-state index in [4.69, 9.17) is 0 Å². The Morgan fingerprint density at radius 3 is 2.74 bits per heavy atom. The summed E-state index contributed by atoms with van der Waals surface area (Å²) in [7, 11) is 0. The number of hydrogen-bond acceptors (Lipinski definition) is 3. The highest BCUT2D eigenvalue weighted by Crippen LogP contribution is 2.00. The maximum Gasteiger partial charge on any atom is 0.276 e. The summed E-state index contributed by atoms with van der Waals surface area (Å²) in [6, 6.07) is 2.37. The summed E-state index contributed by atoms with van der Waals surface area (Å²) in [5.74, 6) is 0. The average Bonchev–Trinajstić information content (AvgIpc) is 2.79. The van der Waals surface area contributed by atoms with Crippen LogP contribution in [0.25, 0.3) is 5.52 Å².